The van der Waals surface area contributed by atoms with Crippen LogP contribution in [0.3, 0.4) is 0 Å². The maximum atomic E-state index is 11.5. The highest BCUT2D eigenvalue weighted by molar-refractivity contribution is 5.78. The molecule has 0 heterocycles. The monoisotopic (exact) mass is 262 g/mol. The number of hydrogen-bond acceptors (Lipinski definition) is 3. The van der Waals surface area contributed by atoms with Crippen molar-refractivity contribution >= 4 is 5.91 Å². The summed E-state index contributed by atoms with van der Waals surface area (Å²) in [5, 5.41) is 6.10. The van der Waals surface area contributed by atoms with E-state index in [2.05, 4.69) is 17.6 Å². The third-order valence-electron chi connectivity index (χ3n) is 2.95. The summed E-state index contributed by atoms with van der Waals surface area (Å²) < 4.78 is 5.52. The second kappa shape index (κ2) is 7.14. The number of carbonyl (C=O) groups excluding carboxylic acids is 1. The van der Waals surface area contributed by atoms with E-state index in [-0.39, 0.29) is 5.91 Å². The first-order valence-electron chi connectivity index (χ1n) is 6.99. The molecular weight excluding hydrogens is 240 g/mol. The number of ether oxygens (including phenoxy) is 1. The first-order chi connectivity index (χ1) is 9.28. The molecular formula is C15H22N2O2. The zero-order valence-electron chi connectivity index (χ0n) is 11.4. The molecule has 4 heteroatoms. The van der Waals surface area contributed by atoms with Crippen molar-refractivity contribution in [2.24, 2.45) is 0 Å². The van der Waals surface area contributed by atoms with E-state index in [1.54, 1.807) is 0 Å². The number of carbonyl (C=O) groups is 1. The van der Waals surface area contributed by atoms with E-state index in [1.807, 2.05) is 24.3 Å². The Bertz CT molecular complexity index is 399. The SMILES string of the molecule is CCCOc1ccc(CNCC(=O)NC2CC2)cc1. The maximum absolute atomic E-state index is 11.5. The molecule has 1 amide bonds. The van der Waals surface area contributed by atoms with Crippen LogP contribution in [0.4, 0.5) is 0 Å². The maximum Gasteiger partial charge on any atom is 0.234 e. The van der Waals surface area contributed by atoms with Gasteiger partial charge in [-0.25, -0.2) is 0 Å². The highest BCUT2D eigenvalue weighted by atomic mass is 16.5. The Balaban J connectivity index is 1.65. The third-order valence-corrected chi connectivity index (χ3v) is 2.95. The van der Waals surface area contributed by atoms with Gasteiger partial charge in [0.15, 0.2) is 0 Å². The summed E-state index contributed by atoms with van der Waals surface area (Å²) in [5.74, 6) is 0.988. The Kier molecular flexibility index (Phi) is 5.21. The summed E-state index contributed by atoms with van der Waals surface area (Å²) in [4.78, 5) is 11.5. The molecule has 1 aliphatic rings. The zero-order valence-corrected chi connectivity index (χ0v) is 11.4. The number of hydrogen-bond donors (Lipinski definition) is 2. The van der Waals surface area contributed by atoms with E-state index >= 15 is 0 Å². The van der Waals surface area contributed by atoms with Crippen LogP contribution in [-0.2, 0) is 11.3 Å². The van der Waals surface area contributed by atoms with E-state index in [4.69, 9.17) is 4.74 Å². The van der Waals surface area contributed by atoms with Crippen LogP contribution in [-0.4, -0.2) is 25.1 Å². The molecule has 0 aromatic heterocycles. The molecule has 0 spiro atoms. The fraction of sp³-hybridized carbons (Fsp3) is 0.533. The Morgan fingerprint density at radius 3 is 2.68 bits per heavy atom. The molecule has 0 bridgehead atoms. The molecule has 1 saturated carbocycles. The van der Waals surface area contributed by atoms with Gasteiger partial charge in [0.1, 0.15) is 5.75 Å². The second-order valence-electron chi connectivity index (χ2n) is 4.94. The summed E-state index contributed by atoms with van der Waals surface area (Å²) >= 11 is 0. The van der Waals surface area contributed by atoms with Gasteiger partial charge < -0.3 is 15.4 Å². The lowest BCUT2D eigenvalue weighted by molar-refractivity contribution is -0.120. The highest BCUT2D eigenvalue weighted by Gasteiger charge is 2.22. The van der Waals surface area contributed by atoms with Gasteiger partial charge in [0, 0.05) is 12.6 Å². The van der Waals surface area contributed by atoms with E-state index in [9.17, 15) is 4.79 Å². The summed E-state index contributed by atoms with van der Waals surface area (Å²) in [6, 6.07) is 8.42. The molecule has 1 aliphatic carbocycles. The van der Waals surface area contributed by atoms with Crippen molar-refractivity contribution < 1.29 is 9.53 Å². The van der Waals surface area contributed by atoms with Gasteiger partial charge in [-0.2, -0.15) is 0 Å². The smallest absolute Gasteiger partial charge is 0.234 e. The average molecular weight is 262 g/mol. The quantitative estimate of drug-likeness (QED) is 0.751. The largest absolute Gasteiger partial charge is 0.494 e. The van der Waals surface area contributed by atoms with Crippen LogP contribution in [0.15, 0.2) is 24.3 Å². The van der Waals surface area contributed by atoms with Crippen LogP contribution in [0.25, 0.3) is 0 Å². The summed E-state index contributed by atoms with van der Waals surface area (Å²) in [6.45, 7) is 3.92. The standard InChI is InChI=1S/C15H22N2O2/c1-2-9-19-14-7-3-12(4-8-14)10-16-11-15(18)17-13-5-6-13/h3-4,7-8,13,16H,2,5-6,9-11H2,1H3,(H,17,18). The van der Waals surface area contributed by atoms with E-state index < -0.39 is 0 Å². The van der Waals surface area contributed by atoms with Crippen molar-refractivity contribution in [3.8, 4) is 5.75 Å². The lowest BCUT2D eigenvalue weighted by atomic mass is 10.2. The molecule has 104 valence electrons. The molecule has 2 rings (SSSR count). The topological polar surface area (TPSA) is 50.4 Å². The van der Waals surface area contributed by atoms with Crippen molar-refractivity contribution in [2.75, 3.05) is 13.2 Å². The van der Waals surface area contributed by atoms with E-state index in [0.29, 0.717) is 19.1 Å². The van der Waals surface area contributed by atoms with Crippen LogP contribution >= 0.6 is 0 Å². The molecule has 4 nitrogen and oxygen atoms in total. The fourth-order valence-corrected chi connectivity index (χ4v) is 1.75. The van der Waals surface area contributed by atoms with E-state index in [0.717, 1.165) is 37.2 Å². The molecule has 0 atom stereocenters. The number of amides is 1. The van der Waals surface area contributed by atoms with Gasteiger partial charge in [0.2, 0.25) is 5.91 Å². The predicted octanol–water partition coefficient (Wildman–Crippen LogP) is 1.84. The Morgan fingerprint density at radius 1 is 1.32 bits per heavy atom. The molecule has 19 heavy (non-hydrogen) atoms. The van der Waals surface area contributed by atoms with E-state index in [1.165, 1.54) is 0 Å². The van der Waals surface area contributed by atoms with Crippen LogP contribution < -0.4 is 15.4 Å². The van der Waals surface area contributed by atoms with Gasteiger partial charge in [-0.05, 0) is 37.0 Å². The van der Waals surface area contributed by atoms with Crippen LogP contribution in [0.5, 0.6) is 5.75 Å². The van der Waals surface area contributed by atoms with Crippen molar-refractivity contribution in [3.63, 3.8) is 0 Å². The molecule has 0 aliphatic heterocycles. The third kappa shape index (κ3) is 5.30. The fourth-order valence-electron chi connectivity index (χ4n) is 1.75. The minimum atomic E-state index is 0.0883. The molecule has 1 aromatic rings. The molecule has 1 aromatic carbocycles. The number of rotatable bonds is 8. The first kappa shape index (κ1) is 13.9. The Labute approximate surface area is 114 Å². The molecule has 0 radical (unpaired) electrons. The Morgan fingerprint density at radius 2 is 2.05 bits per heavy atom. The zero-order chi connectivity index (χ0) is 13.5. The van der Waals surface area contributed by atoms with Crippen molar-refractivity contribution in [1.29, 1.82) is 0 Å². The van der Waals surface area contributed by atoms with Crippen LogP contribution in [0.1, 0.15) is 31.7 Å². The van der Waals surface area contributed by atoms with Gasteiger partial charge in [-0.3, -0.25) is 4.79 Å². The summed E-state index contributed by atoms with van der Waals surface area (Å²) in [7, 11) is 0. The average Bonchev–Trinajstić information content (AvgIpc) is 3.22. The van der Waals surface area contributed by atoms with Crippen LogP contribution in [0.2, 0.25) is 0 Å². The van der Waals surface area contributed by atoms with Crippen molar-refractivity contribution in [1.82, 2.24) is 10.6 Å². The summed E-state index contributed by atoms with van der Waals surface area (Å²) in [6.07, 6.45) is 3.27. The van der Waals surface area contributed by atoms with Gasteiger partial charge in [-0.15, -0.1) is 0 Å². The predicted molar refractivity (Wildman–Crippen MR) is 75.1 cm³/mol. The molecule has 1 fully saturated rings. The number of nitrogens with one attached hydrogen (secondary N) is 2. The highest BCUT2D eigenvalue weighted by Crippen LogP contribution is 2.18. The normalized spacial score (nSPS) is 14.2. The van der Waals surface area contributed by atoms with Gasteiger partial charge in [-0.1, -0.05) is 19.1 Å². The van der Waals surface area contributed by atoms with Gasteiger partial charge >= 0.3 is 0 Å². The van der Waals surface area contributed by atoms with Gasteiger partial charge in [0.25, 0.3) is 0 Å². The molecule has 0 unspecified atom stereocenters. The second-order valence-corrected chi connectivity index (χ2v) is 4.94. The lowest BCUT2D eigenvalue weighted by Crippen LogP contribution is -2.34. The summed E-state index contributed by atoms with van der Waals surface area (Å²) in [5.41, 5.74) is 1.16. The Hall–Kier alpha value is -1.55. The van der Waals surface area contributed by atoms with Gasteiger partial charge in [0.05, 0.1) is 13.2 Å². The number of benzene rings is 1. The molecule has 2 N–H and O–H groups in total. The minimum Gasteiger partial charge on any atom is -0.494 e. The lowest BCUT2D eigenvalue weighted by Gasteiger charge is -2.07. The first-order valence-corrected chi connectivity index (χ1v) is 6.99. The minimum absolute atomic E-state index is 0.0883. The van der Waals surface area contributed by atoms with Crippen molar-refractivity contribution in [3.05, 3.63) is 29.8 Å². The molecule has 0 saturated heterocycles. The van der Waals surface area contributed by atoms with Crippen LogP contribution in [0, 0.1) is 0 Å². The van der Waals surface area contributed by atoms with Crippen molar-refractivity contribution in [2.45, 2.75) is 38.8 Å².